The molecule has 1 aliphatic rings. The minimum absolute atomic E-state index is 0.361. The second kappa shape index (κ2) is 4.93. The Labute approximate surface area is 96.6 Å². The molecule has 5 heteroatoms. The largest absolute Gasteiger partial charge is 0.327 e. The molecule has 2 heterocycles. The van der Waals surface area contributed by atoms with E-state index in [9.17, 15) is 0 Å². The van der Waals surface area contributed by atoms with E-state index in [1.165, 1.54) is 0 Å². The first-order chi connectivity index (χ1) is 7.70. The van der Waals surface area contributed by atoms with E-state index in [0.29, 0.717) is 12.0 Å². The van der Waals surface area contributed by atoms with E-state index in [2.05, 4.69) is 28.8 Å². The number of nitrogens with two attached hydrogens (primary N) is 1. The van der Waals surface area contributed by atoms with Gasteiger partial charge in [-0.05, 0) is 19.3 Å². The van der Waals surface area contributed by atoms with Crippen LogP contribution in [-0.2, 0) is 13.1 Å². The van der Waals surface area contributed by atoms with Crippen molar-refractivity contribution in [3.8, 4) is 0 Å². The minimum atomic E-state index is 0.361. The van der Waals surface area contributed by atoms with Gasteiger partial charge < -0.3 is 5.73 Å². The highest BCUT2D eigenvalue weighted by molar-refractivity contribution is 4.88. The summed E-state index contributed by atoms with van der Waals surface area (Å²) in [4.78, 5) is 6.72. The molecular weight excluding hydrogens is 202 g/mol. The smallest absolute Gasteiger partial charge is 0.140 e. The van der Waals surface area contributed by atoms with Gasteiger partial charge in [-0.2, -0.15) is 5.10 Å². The summed E-state index contributed by atoms with van der Waals surface area (Å²) in [6.07, 6.45) is 2.72. The Bertz CT molecular complexity index is 335. The van der Waals surface area contributed by atoms with Crippen LogP contribution < -0.4 is 5.73 Å². The van der Waals surface area contributed by atoms with Crippen molar-refractivity contribution >= 4 is 0 Å². The Balaban J connectivity index is 1.95. The Hall–Kier alpha value is -0.940. The van der Waals surface area contributed by atoms with Crippen molar-refractivity contribution in [1.29, 1.82) is 0 Å². The number of piperidine rings is 1. The molecule has 1 saturated heterocycles. The Morgan fingerprint density at radius 1 is 1.56 bits per heavy atom. The standard InChI is InChI=1S/C11H21N5/c1-3-16-11(13-8-14-16)7-15-5-4-10(12)9(2)6-15/h8-10H,3-7,12H2,1-2H3. The summed E-state index contributed by atoms with van der Waals surface area (Å²) in [6.45, 7) is 8.23. The second-order valence-corrected chi connectivity index (χ2v) is 4.66. The van der Waals surface area contributed by atoms with Crippen LogP contribution in [0.2, 0.25) is 0 Å². The normalized spacial score (nSPS) is 27.2. The average Bonchev–Trinajstić information content (AvgIpc) is 2.71. The molecule has 0 amide bonds. The fraction of sp³-hybridized carbons (Fsp3) is 0.818. The Kier molecular flexibility index (Phi) is 3.56. The van der Waals surface area contributed by atoms with Crippen molar-refractivity contribution < 1.29 is 0 Å². The first-order valence-electron chi connectivity index (χ1n) is 6.05. The quantitative estimate of drug-likeness (QED) is 0.809. The van der Waals surface area contributed by atoms with Gasteiger partial charge >= 0.3 is 0 Å². The van der Waals surface area contributed by atoms with Crippen LogP contribution in [0.5, 0.6) is 0 Å². The Morgan fingerprint density at radius 2 is 2.38 bits per heavy atom. The lowest BCUT2D eigenvalue weighted by molar-refractivity contribution is 0.152. The van der Waals surface area contributed by atoms with Crippen LogP contribution in [-0.4, -0.2) is 38.8 Å². The average molecular weight is 223 g/mol. The molecule has 1 fully saturated rings. The molecule has 90 valence electrons. The van der Waals surface area contributed by atoms with Crippen LogP contribution in [0.1, 0.15) is 26.1 Å². The van der Waals surface area contributed by atoms with Crippen molar-refractivity contribution in [3.05, 3.63) is 12.2 Å². The molecule has 0 spiro atoms. The van der Waals surface area contributed by atoms with Gasteiger partial charge in [-0.1, -0.05) is 6.92 Å². The molecule has 16 heavy (non-hydrogen) atoms. The molecule has 0 aromatic carbocycles. The Morgan fingerprint density at radius 3 is 3.06 bits per heavy atom. The van der Waals surface area contributed by atoms with Gasteiger partial charge in [0.1, 0.15) is 12.2 Å². The predicted molar refractivity (Wildman–Crippen MR) is 62.7 cm³/mol. The summed E-state index contributed by atoms with van der Waals surface area (Å²) in [5, 5.41) is 4.19. The van der Waals surface area contributed by atoms with E-state index >= 15 is 0 Å². The maximum absolute atomic E-state index is 6.01. The van der Waals surface area contributed by atoms with Gasteiger partial charge in [0.15, 0.2) is 0 Å². The minimum Gasteiger partial charge on any atom is -0.327 e. The van der Waals surface area contributed by atoms with Crippen LogP contribution in [0.3, 0.4) is 0 Å². The molecule has 0 saturated carbocycles. The molecule has 0 aliphatic carbocycles. The zero-order valence-corrected chi connectivity index (χ0v) is 10.1. The van der Waals surface area contributed by atoms with Crippen LogP contribution in [0.25, 0.3) is 0 Å². The SMILES string of the molecule is CCn1ncnc1CN1CCC(N)C(C)C1. The molecule has 0 bridgehead atoms. The van der Waals surface area contributed by atoms with E-state index in [1.807, 2.05) is 4.68 Å². The fourth-order valence-corrected chi connectivity index (χ4v) is 2.27. The van der Waals surface area contributed by atoms with E-state index < -0.39 is 0 Å². The topological polar surface area (TPSA) is 60.0 Å². The zero-order chi connectivity index (χ0) is 11.5. The summed E-state index contributed by atoms with van der Waals surface area (Å²) in [7, 11) is 0. The summed E-state index contributed by atoms with van der Waals surface area (Å²) >= 11 is 0. The lowest BCUT2D eigenvalue weighted by Crippen LogP contribution is -2.45. The predicted octanol–water partition coefficient (Wildman–Crippen LogP) is 0.467. The van der Waals surface area contributed by atoms with Crippen LogP contribution in [0, 0.1) is 5.92 Å². The summed E-state index contributed by atoms with van der Waals surface area (Å²) in [6, 6.07) is 0.361. The van der Waals surface area contributed by atoms with E-state index in [-0.39, 0.29) is 0 Å². The molecular formula is C11H21N5. The van der Waals surface area contributed by atoms with Crippen molar-refractivity contribution in [2.45, 2.75) is 39.4 Å². The number of hydrogen-bond donors (Lipinski definition) is 1. The number of aromatic nitrogens is 3. The van der Waals surface area contributed by atoms with Crippen LogP contribution in [0.4, 0.5) is 0 Å². The van der Waals surface area contributed by atoms with E-state index in [0.717, 1.165) is 38.4 Å². The first kappa shape index (κ1) is 11.5. The third-order valence-electron chi connectivity index (χ3n) is 3.42. The third kappa shape index (κ3) is 2.41. The van der Waals surface area contributed by atoms with Gasteiger partial charge in [-0.25, -0.2) is 9.67 Å². The first-order valence-corrected chi connectivity index (χ1v) is 6.05. The van der Waals surface area contributed by atoms with Crippen LogP contribution >= 0.6 is 0 Å². The highest BCUT2D eigenvalue weighted by Gasteiger charge is 2.23. The number of aryl methyl sites for hydroxylation is 1. The number of hydrogen-bond acceptors (Lipinski definition) is 4. The monoisotopic (exact) mass is 223 g/mol. The van der Waals surface area contributed by atoms with Gasteiger partial charge in [0.2, 0.25) is 0 Å². The zero-order valence-electron chi connectivity index (χ0n) is 10.1. The van der Waals surface area contributed by atoms with Crippen molar-refractivity contribution in [2.24, 2.45) is 11.7 Å². The van der Waals surface area contributed by atoms with E-state index in [4.69, 9.17) is 5.73 Å². The number of nitrogens with zero attached hydrogens (tertiary/aromatic N) is 4. The van der Waals surface area contributed by atoms with Gasteiger partial charge in [0.25, 0.3) is 0 Å². The number of likely N-dealkylation sites (tertiary alicyclic amines) is 1. The van der Waals surface area contributed by atoms with Crippen molar-refractivity contribution in [2.75, 3.05) is 13.1 Å². The molecule has 1 aromatic heterocycles. The molecule has 2 atom stereocenters. The summed E-state index contributed by atoms with van der Waals surface area (Å²) in [5.41, 5.74) is 6.01. The highest BCUT2D eigenvalue weighted by atomic mass is 15.3. The number of rotatable bonds is 3. The van der Waals surface area contributed by atoms with Crippen LogP contribution in [0.15, 0.2) is 6.33 Å². The summed E-state index contributed by atoms with van der Waals surface area (Å²) in [5.74, 6) is 1.64. The molecule has 2 unspecified atom stereocenters. The van der Waals surface area contributed by atoms with Gasteiger partial charge in [-0.15, -0.1) is 0 Å². The highest BCUT2D eigenvalue weighted by Crippen LogP contribution is 2.16. The third-order valence-corrected chi connectivity index (χ3v) is 3.42. The fourth-order valence-electron chi connectivity index (χ4n) is 2.27. The van der Waals surface area contributed by atoms with Gasteiger partial charge in [0.05, 0.1) is 6.54 Å². The van der Waals surface area contributed by atoms with Gasteiger partial charge in [-0.3, -0.25) is 4.90 Å². The lowest BCUT2D eigenvalue weighted by atomic mass is 9.95. The summed E-state index contributed by atoms with van der Waals surface area (Å²) < 4.78 is 1.96. The second-order valence-electron chi connectivity index (χ2n) is 4.66. The maximum atomic E-state index is 6.01. The molecule has 2 rings (SSSR count). The maximum Gasteiger partial charge on any atom is 0.140 e. The molecule has 2 N–H and O–H groups in total. The molecule has 1 aromatic rings. The molecule has 1 aliphatic heterocycles. The van der Waals surface area contributed by atoms with E-state index in [1.54, 1.807) is 6.33 Å². The molecule has 0 radical (unpaired) electrons. The van der Waals surface area contributed by atoms with Crippen molar-refractivity contribution in [1.82, 2.24) is 19.7 Å². The van der Waals surface area contributed by atoms with Gasteiger partial charge in [0, 0.05) is 25.7 Å². The lowest BCUT2D eigenvalue weighted by Gasteiger charge is -2.34. The van der Waals surface area contributed by atoms with Crippen molar-refractivity contribution in [3.63, 3.8) is 0 Å². The molecule has 5 nitrogen and oxygen atoms in total.